The fourth-order valence-corrected chi connectivity index (χ4v) is 1.68. The van der Waals surface area contributed by atoms with Crippen LogP contribution in [-0.4, -0.2) is 6.54 Å². The van der Waals surface area contributed by atoms with Gasteiger partial charge in [0.1, 0.15) is 0 Å². The first-order chi connectivity index (χ1) is 5.77. The van der Waals surface area contributed by atoms with Crippen LogP contribution in [0.15, 0.2) is 18.2 Å². The summed E-state index contributed by atoms with van der Waals surface area (Å²) in [6.45, 7) is 5.59. The van der Waals surface area contributed by atoms with Crippen LogP contribution in [-0.2, 0) is 6.42 Å². The van der Waals surface area contributed by atoms with E-state index in [4.69, 9.17) is 0 Å². The lowest BCUT2D eigenvalue weighted by molar-refractivity contribution is 0.864. The number of nitrogens with one attached hydrogen (secondary N) is 1. The van der Waals surface area contributed by atoms with Crippen LogP contribution in [0.1, 0.15) is 30.9 Å². The zero-order valence-corrected chi connectivity index (χ0v) is 7.72. The molecule has 0 saturated heterocycles. The topological polar surface area (TPSA) is 12.0 Å². The van der Waals surface area contributed by atoms with Crippen molar-refractivity contribution in [1.29, 1.82) is 0 Å². The van der Waals surface area contributed by atoms with Crippen molar-refractivity contribution in [1.82, 2.24) is 0 Å². The quantitative estimate of drug-likeness (QED) is 0.667. The summed E-state index contributed by atoms with van der Waals surface area (Å²) >= 11 is 0. The molecular weight excluding hydrogens is 146 g/mol. The van der Waals surface area contributed by atoms with Gasteiger partial charge in [0.15, 0.2) is 0 Å². The van der Waals surface area contributed by atoms with E-state index in [1.165, 1.54) is 23.2 Å². The number of benzene rings is 1. The summed E-state index contributed by atoms with van der Waals surface area (Å²) in [5.74, 6) is 0.649. The number of hydrogen-bond acceptors (Lipinski definition) is 1. The molecule has 0 spiro atoms. The van der Waals surface area contributed by atoms with Gasteiger partial charge in [-0.2, -0.15) is 0 Å². The van der Waals surface area contributed by atoms with Gasteiger partial charge in [0.25, 0.3) is 0 Å². The average molecular weight is 161 g/mol. The lowest BCUT2D eigenvalue weighted by Crippen LogP contribution is -1.90. The number of rotatable bonds is 1. The van der Waals surface area contributed by atoms with Crippen molar-refractivity contribution in [3.8, 4) is 0 Å². The molecule has 0 aromatic heterocycles. The van der Waals surface area contributed by atoms with Gasteiger partial charge in [-0.25, -0.2) is 0 Å². The summed E-state index contributed by atoms with van der Waals surface area (Å²) in [5, 5.41) is 3.37. The third-order valence-electron chi connectivity index (χ3n) is 2.51. The molecule has 0 unspecified atom stereocenters. The third-order valence-corrected chi connectivity index (χ3v) is 2.51. The number of fused-ring (bicyclic) bond motifs is 1. The van der Waals surface area contributed by atoms with Crippen LogP contribution in [0, 0.1) is 0 Å². The first-order valence-electron chi connectivity index (χ1n) is 4.64. The average Bonchev–Trinajstić information content (AvgIpc) is 2.49. The van der Waals surface area contributed by atoms with Crippen molar-refractivity contribution in [3.63, 3.8) is 0 Å². The minimum absolute atomic E-state index is 0.649. The molecule has 64 valence electrons. The Labute approximate surface area is 73.8 Å². The van der Waals surface area contributed by atoms with Crippen molar-refractivity contribution in [3.05, 3.63) is 29.3 Å². The number of hydrogen-bond donors (Lipinski definition) is 1. The zero-order valence-electron chi connectivity index (χ0n) is 7.72. The summed E-state index contributed by atoms with van der Waals surface area (Å²) in [5.41, 5.74) is 4.28. The van der Waals surface area contributed by atoms with E-state index in [0.29, 0.717) is 5.92 Å². The molecule has 1 aliphatic rings. The smallest absolute Gasteiger partial charge is 0.0373 e. The first kappa shape index (κ1) is 7.66. The molecule has 1 N–H and O–H groups in total. The van der Waals surface area contributed by atoms with Crippen LogP contribution in [0.3, 0.4) is 0 Å². The van der Waals surface area contributed by atoms with Gasteiger partial charge in [-0.3, -0.25) is 0 Å². The molecule has 0 fully saturated rings. The Bertz CT molecular complexity index is 289. The predicted molar refractivity (Wildman–Crippen MR) is 52.7 cm³/mol. The van der Waals surface area contributed by atoms with Gasteiger partial charge in [0.05, 0.1) is 0 Å². The van der Waals surface area contributed by atoms with E-state index in [1.807, 2.05) is 0 Å². The Morgan fingerprint density at radius 1 is 1.33 bits per heavy atom. The van der Waals surface area contributed by atoms with Crippen LogP contribution in [0.5, 0.6) is 0 Å². The Kier molecular flexibility index (Phi) is 1.80. The summed E-state index contributed by atoms with van der Waals surface area (Å²) in [6, 6.07) is 6.76. The van der Waals surface area contributed by atoms with E-state index in [-0.39, 0.29) is 0 Å². The zero-order chi connectivity index (χ0) is 8.55. The lowest BCUT2D eigenvalue weighted by atomic mass is 10.00. The highest BCUT2D eigenvalue weighted by atomic mass is 14.9. The van der Waals surface area contributed by atoms with Gasteiger partial charge in [0, 0.05) is 12.2 Å². The molecule has 1 aromatic rings. The van der Waals surface area contributed by atoms with Crippen LogP contribution in [0.2, 0.25) is 0 Å². The molecule has 0 saturated carbocycles. The SMILES string of the molecule is CC(C)c1ccc2c(c1)CCN2. The largest absolute Gasteiger partial charge is 0.384 e. The van der Waals surface area contributed by atoms with Gasteiger partial charge in [-0.15, -0.1) is 0 Å². The second kappa shape index (κ2) is 2.81. The molecule has 1 heterocycles. The summed E-state index contributed by atoms with van der Waals surface area (Å²) in [7, 11) is 0. The van der Waals surface area contributed by atoms with Gasteiger partial charge in [-0.05, 0) is 29.5 Å². The van der Waals surface area contributed by atoms with Crippen LogP contribution >= 0.6 is 0 Å². The summed E-state index contributed by atoms with van der Waals surface area (Å²) in [4.78, 5) is 0. The Morgan fingerprint density at radius 2 is 2.17 bits per heavy atom. The normalized spacial score (nSPS) is 14.6. The molecule has 0 aliphatic carbocycles. The molecule has 12 heavy (non-hydrogen) atoms. The van der Waals surface area contributed by atoms with E-state index < -0.39 is 0 Å². The van der Waals surface area contributed by atoms with Gasteiger partial charge < -0.3 is 5.32 Å². The maximum absolute atomic E-state index is 3.37. The van der Waals surface area contributed by atoms with Gasteiger partial charge in [0.2, 0.25) is 0 Å². The highest BCUT2D eigenvalue weighted by Crippen LogP contribution is 2.25. The molecular formula is C11H15N. The van der Waals surface area contributed by atoms with Crippen LogP contribution < -0.4 is 5.32 Å². The third kappa shape index (κ3) is 1.20. The summed E-state index contributed by atoms with van der Waals surface area (Å²) in [6.07, 6.45) is 1.19. The second-order valence-electron chi connectivity index (χ2n) is 3.75. The van der Waals surface area contributed by atoms with Crippen molar-refractivity contribution in [2.45, 2.75) is 26.2 Å². The Balaban J connectivity index is 2.39. The van der Waals surface area contributed by atoms with E-state index in [0.717, 1.165) is 6.54 Å². The monoisotopic (exact) mass is 161 g/mol. The fraction of sp³-hybridized carbons (Fsp3) is 0.455. The number of anilines is 1. The highest BCUT2D eigenvalue weighted by molar-refractivity contribution is 5.56. The molecule has 1 aromatic carbocycles. The van der Waals surface area contributed by atoms with Crippen molar-refractivity contribution in [2.75, 3.05) is 11.9 Å². The first-order valence-corrected chi connectivity index (χ1v) is 4.64. The highest BCUT2D eigenvalue weighted by Gasteiger charge is 2.10. The van der Waals surface area contributed by atoms with Crippen LogP contribution in [0.25, 0.3) is 0 Å². The Morgan fingerprint density at radius 3 is 2.92 bits per heavy atom. The molecule has 0 amide bonds. The van der Waals surface area contributed by atoms with Gasteiger partial charge in [-0.1, -0.05) is 26.0 Å². The fourth-order valence-electron chi connectivity index (χ4n) is 1.68. The minimum atomic E-state index is 0.649. The van der Waals surface area contributed by atoms with E-state index in [1.54, 1.807) is 0 Å². The van der Waals surface area contributed by atoms with Crippen molar-refractivity contribution >= 4 is 5.69 Å². The molecule has 0 bridgehead atoms. The standard InChI is InChI=1S/C11H15N/c1-8(2)9-3-4-11-10(7-9)5-6-12-11/h3-4,7-8,12H,5-6H2,1-2H3. The van der Waals surface area contributed by atoms with Crippen molar-refractivity contribution < 1.29 is 0 Å². The minimum Gasteiger partial charge on any atom is -0.384 e. The molecule has 1 nitrogen and oxygen atoms in total. The molecule has 2 rings (SSSR count). The van der Waals surface area contributed by atoms with E-state index in [9.17, 15) is 0 Å². The van der Waals surface area contributed by atoms with Gasteiger partial charge >= 0.3 is 0 Å². The van der Waals surface area contributed by atoms with E-state index >= 15 is 0 Å². The molecule has 1 aliphatic heterocycles. The molecule has 0 radical (unpaired) electrons. The second-order valence-corrected chi connectivity index (χ2v) is 3.75. The van der Waals surface area contributed by atoms with Crippen molar-refractivity contribution in [2.24, 2.45) is 0 Å². The Hall–Kier alpha value is -0.980. The molecule has 0 atom stereocenters. The van der Waals surface area contributed by atoms with Crippen LogP contribution in [0.4, 0.5) is 5.69 Å². The molecule has 1 heteroatoms. The maximum atomic E-state index is 3.37. The summed E-state index contributed by atoms with van der Waals surface area (Å²) < 4.78 is 0. The van der Waals surface area contributed by atoms with E-state index in [2.05, 4.69) is 37.4 Å². The maximum Gasteiger partial charge on any atom is 0.0373 e. The lowest BCUT2D eigenvalue weighted by Gasteiger charge is -2.07. The predicted octanol–water partition coefficient (Wildman–Crippen LogP) is 2.78.